The van der Waals surface area contributed by atoms with Gasteiger partial charge in [-0.25, -0.2) is 0 Å². The standard InChI is InChI=1S/C53H105NO3/c1-3-5-7-9-11-13-15-16-17-18-19-20-21-22-23-24-25-26-27-28-29-30-31-32-33-34-35-36-37-38-39-41-43-45-47-49-53(57)54-51(50-55)52(56)48-46-44-42-40-14-12-10-8-6-4-2/h24-25,51-52,55-56H,3-23,26-50H2,1-2H3,(H,54,57)/b25-24-. The molecule has 340 valence electrons. The molecule has 0 spiro atoms. The van der Waals surface area contributed by atoms with Crippen molar-refractivity contribution in [1.29, 1.82) is 0 Å². The van der Waals surface area contributed by atoms with E-state index in [9.17, 15) is 15.0 Å². The maximum absolute atomic E-state index is 12.4. The molecule has 3 N–H and O–H groups in total. The van der Waals surface area contributed by atoms with Crippen molar-refractivity contribution in [3.63, 3.8) is 0 Å². The molecule has 0 aliphatic rings. The molecule has 2 atom stereocenters. The predicted octanol–water partition coefficient (Wildman–Crippen LogP) is 17.0. The Kier molecular flexibility index (Phi) is 48.7. The Balaban J connectivity index is 3.34. The van der Waals surface area contributed by atoms with Gasteiger partial charge in [-0.15, -0.1) is 0 Å². The van der Waals surface area contributed by atoms with Gasteiger partial charge in [-0.2, -0.15) is 0 Å². The van der Waals surface area contributed by atoms with Gasteiger partial charge >= 0.3 is 0 Å². The molecule has 57 heavy (non-hydrogen) atoms. The number of allylic oxidation sites excluding steroid dienone is 2. The van der Waals surface area contributed by atoms with Crippen LogP contribution in [0.4, 0.5) is 0 Å². The molecule has 0 saturated carbocycles. The summed E-state index contributed by atoms with van der Waals surface area (Å²) >= 11 is 0. The summed E-state index contributed by atoms with van der Waals surface area (Å²) < 4.78 is 0. The molecule has 4 heteroatoms. The lowest BCUT2D eigenvalue weighted by Gasteiger charge is -2.22. The van der Waals surface area contributed by atoms with Crippen LogP contribution in [0.5, 0.6) is 0 Å². The first kappa shape index (κ1) is 56.1. The van der Waals surface area contributed by atoms with Crippen LogP contribution < -0.4 is 5.32 Å². The summed E-state index contributed by atoms with van der Waals surface area (Å²) in [4.78, 5) is 12.4. The fourth-order valence-electron chi connectivity index (χ4n) is 8.48. The first-order valence-corrected chi connectivity index (χ1v) is 26.4. The summed E-state index contributed by atoms with van der Waals surface area (Å²) in [6, 6.07) is -0.530. The minimum atomic E-state index is -0.654. The van der Waals surface area contributed by atoms with Crippen LogP contribution in [0.3, 0.4) is 0 Å². The molecule has 0 aromatic carbocycles. The van der Waals surface area contributed by atoms with Crippen LogP contribution in [-0.2, 0) is 4.79 Å². The first-order chi connectivity index (χ1) is 28.2. The molecule has 0 aromatic heterocycles. The molecule has 0 radical (unpaired) electrons. The van der Waals surface area contributed by atoms with Crippen molar-refractivity contribution in [2.24, 2.45) is 0 Å². The summed E-state index contributed by atoms with van der Waals surface area (Å²) in [7, 11) is 0. The molecule has 0 aliphatic heterocycles. The number of nitrogens with one attached hydrogen (secondary N) is 1. The molecule has 0 aromatic rings. The average molecular weight is 804 g/mol. The number of aliphatic hydroxyl groups excluding tert-OH is 2. The molecule has 0 heterocycles. The van der Waals surface area contributed by atoms with Gasteiger partial charge in [0.2, 0.25) is 5.91 Å². The number of carbonyl (C=O) groups is 1. The van der Waals surface area contributed by atoms with Gasteiger partial charge in [-0.05, 0) is 38.5 Å². The van der Waals surface area contributed by atoms with Crippen LogP contribution in [0.25, 0.3) is 0 Å². The highest BCUT2D eigenvalue weighted by atomic mass is 16.3. The highest BCUT2D eigenvalue weighted by Crippen LogP contribution is 2.17. The van der Waals surface area contributed by atoms with E-state index in [2.05, 4.69) is 31.3 Å². The molecule has 4 nitrogen and oxygen atoms in total. The normalized spacial score (nSPS) is 12.8. The van der Waals surface area contributed by atoms with Gasteiger partial charge in [0.1, 0.15) is 0 Å². The van der Waals surface area contributed by atoms with Gasteiger partial charge in [0.05, 0.1) is 18.8 Å². The molecular weight excluding hydrogens is 699 g/mol. The van der Waals surface area contributed by atoms with Crippen LogP contribution in [0.2, 0.25) is 0 Å². The Morgan fingerprint density at radius 2 is 0.667 bits per heavy atom. The Morgan fingerprint density at radius 1 is 0.404 bits per heavy atom. The maximum atomic E-state index is 12.4. The van der Waals surface area contributed by atoms with Crippen LogP contribution in [0.1, 0.15) is 303 Å². The minimum absolute atomic E-state index is 0.0279. The summed E-state index contributed by atoms with van der Waals surface area (Å²) in [5, 5.41) is 23.1. The van der Waals surface area contributed by atoms with Crippen LogP contribution >= 0.6 is 0 Å². The zero-order valence-corrected chi connectivity index (χ0v) is 39.1. The second kappa shape index (κ2) is 49.5. The van der Waals surface area contributed by atoms with Crippen molar-refractivity contribution in [1.82, 2.24) is 5.32 Å². The zero-order valence-electron chi connectivity index (χ0n) is 39.1. The second-order valence-electron chi connectivity index (χ2n) is 18.3. The molecule has 1 amide bonds. The smallest absolute Gasteiger partial charge is 0.220 e. The van der Waals surface area contributed by atoms with Crippen LogP contribution in [0, 0.1) is 0 Å². The lowest BCUT2D eigenvalue weighted by Crippen LogP contribution is -2.45. The Hall–Kier alpha value is -0.870. The van der Waals surface area contributed by atoms with E-state index < -0.39 is 12.1 Å². The monoisotopic (exact) mass is 804 g/mol. The Bertz CT molecular complexity index is 784. The number of hydrogen-bond acceptors (Lipinski definition) is 3. The minimum Gasteiger partial charge on any atom is -0.394 e. The molecule has 0 bridgehead atoms. The van der Waals surface area contributed by atoms with Crippen molar-refractivity contribution in [3.05, 3.63) is 12.2 Å². The van der Waals surface area contributed by atoms with Crippen LogP contribution in [0.15, 0.2) is 12.2 Å². The fourth-order valence-corrected chi connectivity index (χ4v) is 8.48. The lowest BCUT2D eigenvalue weighted by atomic mass is 10.0. The number of hydrogen-bond donors (Lipinski definition) is 3. The number of unbranched alkanes of at least 4 members (excludes halogenated alkanes) is 40. The molecule has 0 aliphatic carbocycles. The van der Waals surface area contributed by atoms with Gasteiger partial charge in [0.15, 0.2) is 0 Å². The molecule has 2 unspecified atom stereocenters. The number of carbonyl (C=O) groups excluding carboxylic acids is 1. The van der Waals surface area contributed by atoms with E-state index in [0.717, 1.165) is 25.7 Å². The van der Waals surface area contributed by atoms with Crippen molar-refractivity contribution < 1.29 is 15.0 Å². The molecular formula is C53H105NO3. The summed E-state index contributed by atoms with van der Waals surface area (Å²) in [6.07, 6.45) is 63.5. The highest BCUT2D eigenvalue weighted by molar-refractivity contribution is 5.76. The van der Waals surface area contributed by atoms with Gasteiger partial charge in [-0.3, -0.25) is 4.79 Å². The third kappa shape index (κ3) is 46.1. The molecule has 0 rings (SSSR count). The van der Waals surface area contributed by atoms with E-state index in [1.807, 2.05) is 0 Å². The Labute approximate surface area is 358 Å². The summed E-state index contributed by atoms with van der Waals surface area (Å²) in [6.45, 7) is 4.37. The van der Waals surface area contributed by atoms with E-state index in [-0.39, 0.29) is 12.5 Å². The maximum Gasteiger partial charge on any atom is 0.220 e. The summed E-state index contributed by atoms with van der Waals surface area (Å²) in [5.41, 5.74) is 0. The third-order valence-corrected chi connectivity index (χ3v) is 12.5. The van der Waals surface area contributed by atoms with Gasteiger partial charge in [0.25, 0.3) is 0 Å². The van der Waals surface area contributed by atoms with Gasteiger partial charge in [0, 0.05) is 6.42 Å². The van der Waals surface area contributed by atoms with Crippen molar-refractivity contribution in [2.75, 3.05) is 6.61 Å². The molecule has 0 fully saturated rings. The van der Waals surface area contributed by atoms with E-state index in [1.54, 1.807) is 0 Å². The van der Waals surface area contributed by atoms with Crippen molar-refractivity contribution >= 4 is 5.91 Å². The first-order valence-electron chi connectivity index (χ1n) is 26.4. The summed E-state index contributed by atoms with van der Waals surface area (Å²) in [5.74, 6) is -0.0279. The van der Waals surface area contributed by atoms with Gasteiger partial charge < -0.3 is 15.5 Å². The topological polar surface area (TPSA) is 69.6 Å². The second-order valence-corrected chi connectivity index (χ2v) is 18.3. The largest absolute Gasteiger partial charge is 0.394 e. The highest BCUT2D eigenvalue weighted by Gasteiger charge is 2.20. The number of amides is 1. The van der Waals surface area contributed by atoms with E-state index in [4.69, 9.17) is 0 Å². The zero-order chi connectivity index (χ0) is 41.4. The molecule has 0 saturated heterocycles. The SMILES string of the molecule is CCCCCCCCCCCCCCCC/C=C\CCCCCCCCCCCCCCCCCCCC(=O)NC(CO)C(O)CCCCCCCCCCCC. The van der Waals surface area contributed by atoms with Gasteiger partial charge in [-0.1, -0.05) is 270 Å². The van der Waals surface area contributed by atoms with E-state index in [1.165, 1.54) is 250 Å². The predicted molar refractivity (Wildman–Crippen MR) is 253 cm³/mol. The average Bonchev–Trinajstić information content (AvgIpc) is 3.22. The Morgan fingerprint density at radius 3 is 0.965 bits per heavy atom. The van der Waals surface area contributed by atoms with Crippen LogP contribution in [-0.4, -0.2) is 34.9 Å². The quantitative estimate of drug-likeness (QED) is 0.0424. The number of aliphatic hydroxyl groups is 2. The lowest BCUT2D eigenvalue weighted by molar-refractivity contribution is -0.123. The third-order valence-electron chi connectivity index (χ3n) is 12.5. The van der Waals surface area contributed by atoms with E-state index >= 15 is 0 Å². The number of rotatable bonds is 49. The van der Waals surface area contributed by atoms with Crippen molar-refractivity contribution in [2.45, 2.75) is 315 Å². The van der Waals surface area contributed by atoms with E-state index in [0.29, 0.717) is 12.8 Å². The fraction of sp³-hybridized carbons (Fsp3) is 0.943. The van der Waals surface area contributed by atoms with Crippen molar-refractivity contribution in [3.8, 4) is 0 Å².